The van der Waals surface area contributed by atoms with Crippen molar-refractivity contribution in [2.75, 3.05) is 13.8 Å². The molecule has 4 aromatic rings. The van der Waals surface area contributed by atoms with Gasteiger partial charge in [0.25, 0.3) is 11.5 Å². The van der Waals surface area contributed by atoms with Crippen LogP contribution in [0.5, 0.6) is 11.5 Å². The lowest BCUT2D eigenvalue weighted by atomic mass is 10.1. The van der Waals surface area contributed by atoms with Crippen molar-refractivity contribution in [1.29, 1.82) is 0 Å². The van der Waals surface area contributed by atoms with E-state index >= 15 is 0 Å². The second kappa shape index (κ2) is 8.71. The van der Waals surface area contributed by atoms with Crippen LogP contribution < -0.4 is 15.0 Å². The van der Waals surface area contributed by atoms with Crippen LogP contribution in [0.15, 0.2) is 71.5 Å². The van der Waals surface area contributed by atoms with Crippen molar-refractivity contribution in [3.63, 3.8) is 0 Å². The summed E-state index contributed by atoms with van der Waals surface area (Å²) in [6.07, 6.45) is -4.52. The van der Waals surface area contributed by atoms with E-state index in [1.165, 1.54) is 21.6 Å². The maximum atomic E-state index is 13.5. The Hall–Kier alpha value is -4.34. The molecule has 5 rings (SSSR count). The first-order valence-electron chi connectivity index (χ1n) is 11.0. The highest BCUT2D eigenvalue weighted by atomic mass is 19.4. The van der Waals surface area contributed by atoms with E-state index in [9.17, 15) is 22.8 Å². The van der Waals surface area contributed by atoms with Gasteiger partial charge in [-0.15, -0.1) is 0 Å². The second-order valence-electron chi connectivity index (χ2n) is 8.33. The lowest BCUT2D eigenvalue weighted by molar-refractivity contribution is -0.137. The van der Waals surface area contributed by atoms with Gasteiger partial charge in [0.05, 0.1) is 28.2 Å². The molecule has 0 saturated heterocycles. The maximum absolute atomic E-state index is 13.5. The Bertz CT molecular complexity index is 1530. The Labute approximate surface area is 203 Å². The molecule has 1 atom stereocenters. The van der Waals surface area contributed by atoms with Crippen molar-refractivity contribution >= 4 is 16.8 Å². The Kier molecular flexibility index (Phi) is 5.66. The van der Waals surface area contributed by atoms with E-state index in [2.05, 4.69) is 4.98 Å². The molecule has 0 saturated carbocycles. The van der Waals surface area contributed by atoms with E-state index in [4.69, 9.17) is 9.47 Å². The molecule has 0 radical (unpaired) electrons. The van der Waals surface area contributed by atoms with Gasteiger partial charge in [0.15, 0.2) is 11.5 Å². The monoisotopic (exact) mass is 495 g/mol. The fourth-order valence-corrected chi connectivity index (χ4v) is 4.06. The molecule has 0 aliphatic carbocycles. The zero-order valence-electron chi connectivity index (χ0n) is 19.2. The van der Waals surface area contributed by atoms with Crippen molar-refractivity contribution in [3.05, 3.63) is 94.0 Å². The molecule has 0 spiro atoms. The third-order valence-electron chi connectivity index (χ3n) is 6.15. The number of aromatic nitrogens is 2. The average Bonchev–Trinajstić information content (AvgIpc) is 3.35. The molecule has 2 heterocycles. The smallest absolute Gasteiger partial charge is 0.416 e. The first kappa shape index (κ1) is 23.4. The van der Waals surface area contributed by atoms with Gasteiger partial charge in [-0.3, -0.25) is 14.2 Å². The van der Waals surface area contributed by atoms with Crippen molar-refractivity contribution in [2.24, 2.45) is 0 Å². The minimum absolute atomic E-state index is 0.0691. The average molecular weight is 495 g/mol. The molecule has 184 valence electrons. The molecule has 36 heavy (non-hydrogen) atoms. The number of para-hydroxylation sites is 1. The number of ether oxygens (including phenoxy) is 2. The molecule has 10 heteroatoms. The molecule has 3 aromatic carbocycles. The molecule has 1 unspecified atom stereocenters. The summed E-state index contributed by atoms with van der Waals surface area (Å²) in [5.41, 5.74) is -0.324. The lowest BCUT2D eigenvalue weighted by Gasteiger charge is -2.27. The number of hydrogen-bond acceptors (Lipinski definition) is 5. The van der Waals surface area contributed by atoms with Crippen LogP contribution in [0.1, 0.15) is 34.7 Å². The van der Waals surface area contributed by atoms with Crippen LogP contribution in [0.3, 0.4) is 0 Å². The summed E-state index contributed by atoms with van der Waals surface area (Å²) in [5, 5.41) is 0.304. The molecule has 7 nitrogen and oxygen atoms in total. The van der Waals surface area contributed by atoms with E-state index in [-0.39, 0.29) is 24.2 Å². The Morgan fingerprint density at radius 1 is 1.03 bits per heavy atom. The zero-order valence-corrected chi connectivity index (χ0v) is 19.2. The zero-order chi connectivity index (χ0) is 25.6. The molecular formula is C26H20F3N3O4. The Morgan fingerprint density at radius 2 is 1.72 bits per heavy atom. The van der Waals surface area contributed by atoms with Crippen molar-refractivity contribution in [2.45, 2.75) is 19.1 Å². The third-order valence-corrected chi connectivity index (χ3v) is 6.15. The Morgan fingerprint density at radius 3 is 2.44 bits per heavy atom. The summed E-state index contributed by atoms with van der Waals surface area (Å²) in [7, 11) is 1.57. The largest absolute Gasteiger partial charge is 0.454 e. The SMILES string of the molecule is CC(c1nc2ccccc2c(=O)n1-c1ccc(C(F)(F)F)cc1)N(C)C(=O)c1ccc2c(c1)OCO2. The number of amides is 1. The summed E-state index contributed by atoms with van der Waals surface area (Å²) in [6, 6.07) is 15.0. The van der Waals surface area contributed by atoms with E-state index in [1.807, 2.05) is 0 Å². The minimum Gasteiger partial charge on any atom is -0.454 e. The first-order chi connectivity index (χ1) is 17.1. The molecular weight excluding hydrogens is 475 g/mol. The van der Waals surface area contributed by atoms with Crippen molar-refractivity contribution in [1.82, 2.24) is 14.5 Å². The van der Waals surface area contributed by atoms with Crippen LogP contribution in [-0.4, -0.2) is 34.2 Å². The van der Waals surface area contributed by atoms with Crippen LogP contribution in [0, 0.1) is 0 Å². The number of alkyl halides is 3. The van der Waals surface area contributed by atoms with Gasteiger partial charge >= 0.3 is 6.18 Å². The number of nitrogens with zero attached hydrogens (tertiary/aromatic N) is 3. The van der Waals surface area contributed by atoms with Crippen LogP contribution in [0.4, 0.5) is 13.2 Å². The maximum Gasteiger partial charge on any atom is 0.416 e. The topological polar surface area (TPSA) is 73.7 Å². The summed E-state index contributed by atoms with van der Waals surface area (Å²) < 4.78 is 51.2. The number of carbonyl (C=O) groups is 1. The van der Waals surface area contributed by atoms with E-state index in [0.717, 1.165) is 12.1 Å². The highest BCUT2D eigenvalue weighted by Gasteiger charge is 2.31. The normalized spacial score (nSPS) is 13.6. The molecule has 0 N–H and O–H groups in total. The number of fused-ring (bicyclic) bond motifs is 2. The molecule has 0 bridgehead atoms. The van der Waals surface area contributed by atoms with Crippen LogP contribution in [0.25, 0.3) is 16.6 Å². The third kappa shape index (κ3) is 4.04. The highest BCUT2D eigenvalue weighted by Crippen LogP contribution is 2.34. The van der Waals surface area contributed by atoms with Gasteiger partial charge in [0.2, 0.25) is 6.79 Å². The molecule has 0 fully saturated rings. The van der Waals surface area contributed by atoms with Gasteiger partial charge in [-0.05, 0) is 61.5 Å². The van der Waals surface area contributed by atoms with E-state index in [1.54, 1.807) is 56.4 Å². The van der Waals surface area contributed by atoms with E-state index in [0.29, 0.717) is 28.0 Å². The quantitative estimate of drug-likeness (QED) is 0.400. The number of benzene rings is 3. The number of carbonyl (C=O) groups excluding carboxylic acids is 1. The molecule has 1 amide bonds. The second-order valence-corrected chi connectivity index (χ2v) is 8.33. The van der Waals surface area contributed by atoms with Gasteiger partial charge in [-0.1, -0.05) is 12.1 Å². The molecule has 1 aliphatic rings. The summed E-state index contributed by atoms with van der Waals surface area (Å²) >= 11 is 0. The fourth-order valence-electron chi connectivity index (χ4n) is 4.06. The number of halogens is 3. The summed E-state index contributed by atoms with van der Waals surface area (Å²) in [6.45, 7) is 1.77. The van der Waals surface area contributed by atoms with Gasteiger partial charge in [-0.25, -0.2) is 4.98 Å². The predicted molar refractivity (Wildman–Crippen MR) is 125 cm³/mol. The van der Waals surface area contributed by atoms with Gasteiger partial charge < -0.3 is 14.4 Å². The van der Waals surface area contributed by atoms with Gasteiger partial charge in [-0.2, -0.15) is 13.2 Å². The summed E-state index contributed by atoms with van der Waals surface area (Å²) in [4.78, 5) is 32.8. The highest BCUT2D eigenvalue weighted by molar-refractivity contribution is 5.95. The Balaban J connectivity index is 1.60. The van der Waals surface area contributed by atoms with Gasteiger partial charge in [0, 0.05) is 12.6 Å². The standard InChI is InChI=1S/C26H20F3N3O4/c1-15(31(2)24(33)16-7-12-21-22(13-16)36-14-35-21)23-30-20-6-4-3-5-19(20)25(34)32(23)18-10-8-17(9-11-18)26(27,28)29/h3-13,15H,14H2,1-2H3. The van der Waals surface area contributed by atoms with Crippen molar-refractivity contribution in [3.8, 4) is 17.2 Å². The predicted octanol–water partition coefficient (Wildman–Crippen LogP) is 4.97. The number of rotatable bonds is 4. The summed E-state index contributed by atoms with van der Waals surface area (Å²) in [5.74, 6) is 0.833. The molecule has 1 aliphatic heterocycles. The minimum atomic E-state index is -4.52. The van der Waals surface area contributed by atoms with Crippen LogP contribution in [0.2, 0.25) is 0 Å². The molecule has 1 aromatic heterocycles. The van der Waals surface area contributed by atoms with Crippen LogP contribution >= 0.6 is 0 Å². The number of hydrogen-bond donors (Lipinski definition) is 0. The van der Waals surface area contributed by atoms with Crippen LogP contribution in [-0.2, 0) is 6.18 Å². The van der Waals surface area contributed by atoms with Crippen molar-refractivity contribution < 1.29 is 27.4 Å². The fraction of sp³-hybridized carbons (Fsp3) is 0.192. The van der Waals surface area contributed by atoms with Gasteiger partial charge in [0.1, 0.15) is 5.82 Å². The van der Waals surface area contributed by atoms with E-state index < -0.39 is 23.3 Å². The lowest BCUT2D eigenvalue weighted by Crippen LogP contribution is -2.34. The first-order valence-corrected chi connectivity index (χ1v) is 11.0.